The van der Waals surface area contributed by atoms with Gasteiger partial charge in [-0.3, -0.25) is 19.7 Å². The average Bonchev–Trinajstić information content (AvgIpc) is 2.65. The summed E-state index contributed by atoms with van der Waals surface area (Å²) in [5.74, 6) is 0.566. The second-order valence-corrected chi connectivity index (χ2v) is 11.7. The van der Waals surface area contributed by atoms with E-state index in [1.54, 1.807) is 11.8 Å². The van der Waals surface area contributed by atoms with Crippen LogP contribution in [0.25, 0.3) is 0 Å². The van der Waals surface area contributed by atoms with Gasteiger partial charge in [0.1, 0.15) is 0 Å². The van der Waals surface area contributed by atoms with Crippen molar-refractivity contribution in [1.82, 2.24) is 5.32 Å². The number of amides is 2. The van der Waals surface area contributed by atoms with Crippen molar-refractivity contribution in [3.8, 4) is 0 Å². The predicted octanol–water partition coefficient (Wildman–Crippen LogP) is 4.09. The van der Waals surface area contributed by atoms with E-state index in [-0.39, 0.29) is 29.2 Å². The van der Waals surface area contributed by atoms with Crippen LogP contribution in [0.3, 0.4) is 0 Å². The Morgan fingerprint density at radius 1 is 1.07 bits per heavy atom. The van der Waals surface area contributed by atoms with Crippen molar-refractivity contribution in [3.05, 3.63) is 30.3 Å². The minimum atomic E-state index is -0.550. The fourth-order valence-corrected chi connectivity index (χ4v) is 8.03. The van der Waals surface area contributed by atoms with Gasteiger partial charge < -0.3 is 4.74 Å². The first kappa shape index (κ1) is 20.9. The highest BCUT2D eigenvalue weighted by Crippen LogP contribution is 2.64. The Kier molecular flexibility index (Phi) is 6.07. The van der Waals surface area contributed by atoms with Crippen molar-refractivity contribution >= 4 is 45.5 Å². The third-order valence-corrected chi connectivity index (χ3v) is 8.32. The Morgan fingerprint density at radius 3 is 2.41 bits per heavy atom. The van der Waals surface area contributed by atoms with E-state index in [2.05, 4.69) is 21.2 Å². The zero-order valence-electron chi connectivity index (χ0n) is 16.3. The molecule has 0 aromatic heterocycles. The minimum Gasteiger partial charge on any atom is -0.455 e. The summed E-state index contributed by atoms with van der Waals surface area (Å²) in [5, 5.41) is 2.33. The SMILES string of the molecule is O=C(CCSc1ccccc1)NC(=O)COC(=O)C12CC3CC(CC(Br)(C3)C1)C2. The maximum atomic E-state index is 12.8. The van der Waals surface area contributed by atoms with Gasteiger partial charge in [0.25, 0.3) is 5.91 Å². The van der Waals surface area contributed by atoms with Crippen molar-refractivity contribution in [2.75, 3.05) is 12.4 Å². The summed E-state index contributed by atoms with van der Waals surface area (Å²) in [4.78, 5) is 37.9. The quantitative estimate of drug-likeness (QED) is 0.362. The number of halogens is 1. The molecule has 4 bridgehead atoms. The van der Waals surface area contributed by atoms with Gasteiger partial charge >= 0.3 is 5.97 Å². The summed E-state index contributed by atoms with van der Waals surface area (Å²) in [7, 11) is 0. The van der Waals surface area contributed by atoms with Crippen LogP contribution in [0.2, 0.25) is 0 Å². The standard InChI is InChI=1S/C22H26BrNO4S/c23-22-11-15-8-16(12-22)10-21(9-15,14-22)20(27)28-13-19(26)24-18(25)6-7-29-17-4-2-1-3-5-17/h1-5,15-16H,6-14H2,(H,24,25,26). The van der Waals surface area contributed by atoms with Crippen molar-refractivity contribution in [3.63, 3.8) is 0 Å². The van der Waals surface area contributed by atoms with Crippen LogP contribution < -0.4 is 5.32 Å². The lowest BCUT2D eigenvalue weighted by molar-refractivity contribution is -0.171. The van der Waals surface area contributed by atoms with Crippen LogP contribution in [-0.2, 0) is 19.1 Å². The number of esters is 1. The third kappa shape index (κ3) is 4.88. The van der Waals surface area contributed by atoms with Crippen LogP contribution in [0.1, 0.15) is 44.9 Å². The first-order valence-corrected chi connectivity index (χ1v) is 12.0. The number of carbonyl (C=O) groups excluding carboxylic acids is 3. The normalized spacial score (nSPS) is 32.0. The Hall–Kier alpha value is -1.34. The van der Waals surface area contributed by atoms with Crippen LogP contribution in [0.4, 0.5) is 0 Å². The van der Waals surface area contributed by atoms with Crippen molar-refractivity contribution in [1.29, 1.82) is 0 Å². The number of nitrogens with one attached hydrogen (secondary N) is 1. The van der Waals surface area contributed by atoms with Crippen LogP contribution in [0.5, 0.6) is 0 Å². The molecule has 5 nitrogen and oxygen atoms in total. The Balaban J connectivity index is 1.20. The van der Waals surface area contributed by atoms with Crippen LogP contribution in [-0.4, -0.2) is 34.5 Å². The van der Waals surface area contributed by atoms with Gasteiger partial charge in [-0.2, -0.15) is 0 Å². The molecule has 4 fully saturated rings. The van der Waals surface area contributed by atoms with Crippen LogP contribution in [0.15, 0.2) is 35.2 Å². The van der Waals surface area contributed by atoms with Gasteiger partial charge in [-0.15, -0.1) is 11.8 Å². The first-order valence-electron chi connectivity index (χ1n) is 10.2. The number of alkyl halides is 1. The van der Waals surface area contributed by atoms with E-state index in [9.17, 15) is 14.4 Å². The molecule has 4 aliphatic carbocycles. The van der Waals surface area contributed by atoms with Gasteiger partial charge in [0.2, 0.25) is 5.91 Å². The van der Waals surface area contributed by atoms with Crippen molar-refractivity contribution < 1.29 is 19.1 Å². The topological polar surface area (TPSA) is 72.5 Å². The number of ether oxygens (including phenoxy) is 1. The van der Waals surface area contributed by atoms with E-state index < -0.39 is 11.3 Å². The highest BCUT2D eigenvalue weighted by Gasteiger charge is 2.60. The largest absolute Gasteiger partial charge is 0.455 e. The summed E-state index contributed by atoms with van der Waals surface area (Å²) in [6.07, 6.45) is 6.24. The molecule has 4 aliphatic rings. The van der Waals surface area contributed by atoms with E-state index in [0.29, 0.717) is 17.6 Å². The third-order valence-electron chi connectivity index (χ3n) is 6.38. The molecule has 0 aliphatic heterocycles. The van der Waals surface area contributed by atoms with Gasteiger partial charge in [-0.25, -0.2) is 0 Å². The van der Waals surface area contributed by atoms with Gasteiger partial charge in [-0.05, 0) is 62.5 Å². The van der Waals surface area contributed by atoms with E-state index in [1.165, 1.54) is 6.42 Å². The molecule has 2 amide bonds. The summed E-state index contributed by atoms with van der Waals surface area (Å²) in [6.45, 7) is -0.386. The Morgan fingerprint density at radius 2 is 1.76 bits per heavy atom. The van der Waals surface area contributed by atoms with Gasteiger partial charge in [-0.1, -0.05) is 34.1 Å². The number of benzene rings is 1. The number of hydrogen-bond donors (Lipinski definition) is 1. The zero-order valence-corrected chi connectivity index (χ0v) is 18.7. The molecule has 0 radical (unpaired) electrons. The highest BCUT2D eigenvalue weighted by molar-refractivity contribution is 9.10. The van der Waals surface area contributed by atoms with Crippen molar-refractivity contribution in [2.24, 2.45) is 17.3 Å². The fourth-order valence-electron chi connectivity index (χ4n) is 5.71. The first-order chi connectivity index (χ1) is 13.9. The van der Waals surface area contributed by atoms with E-state index in [0.717, 1.165) is 37.0 Å². The molecule has 1 aromatic carbocycles. The molecule has 2 atom stereocenters. The smallest absolute Gasteiger partial charge is 0.312 e. The molecule has 0 heterocycles. The molecule has 5 rings (SSSR count). The summed E-state index contributed by atoms with van der Waals surface area (Å²) in [6, 6.07) is 9.80. The molecule has 7 heteroatoms. The van der Waals surface area contributed by atoms with Crippen LogP contribution in [0, 0.1) is 17.3 Å². The van der Waals surface area contributed by atoms with Crippen LogP contribution >= 0.6 is 27.7 Å². The molecule has 1 aromatic rings. The molecule has 0 spiro atoms. The molecular formula is C22H26BrNO4S. The number of hydrogen-bond acceptors (Lipinski definition) is 5. The molecular weight excluding hydrogens is 454 g/mol. The second kappa shape index (κ2) is 8.42. The molecule has 29 heavy (non-hydrogen) atoms. The monoisotopic (exact) mass is 479 g/mol. The highest BCUT2D eigenvalue weighted by atomic mass is 79.9. The van der Waals surface area contributed by atoms with Gasteiger partial charge in [0.05, 0.1) is 5.41 Å². The Labute approximate surface area is 183 Å². The average molecular weight is 480 g/mol. The Bertz CT molecular complexity index is 785. The summed E-state index contributed by atoms with van der Waals surface area (Å²) >= 11 is 5.44. The summed E-state index contributed by atoms with van der Waals surface area (Å²) in [5.41, 5.74) is -0.454. The molecule has 1 N–H and O–H groups in total. The molecule has 0 saturated heterocycles. The lowest BCUT2D eigenvalue weighted by atomic mass is 9.49. The fraction of sp³-hybridized carbons (Fsp3) is 0.591. The zero-order chi connectivity index (χ0) is 20.5. The van der Waals surface area contributed by atoms with Gasteiger partial charge in [0, 0.05) is 21.4 Å². The number of rotatable bonds is 7. The van der Waals surface area contributed by atoms with E-state index in [1.807, 2.05) is 30.3 Å². The van der Waals surface area contributed by atoms with E-state index >= 15 is 0 Å². The van der Waals surface area contributed by atoms with Crippen molar-refractivity contribution in [2.45, 2.75) is 54.2 Å². The van der Waals surface area contributed by atoms with Gasteiger partial charge in [0.15, 0.2) is 6.61 Å². The second-order valence-electron chi connectivity index (χ2n) is 8.85. The molecule has 2 unspecified atom stereocenters. The number of thioether (sulfide) groups is 1. The summed E-state index contributed by atoms with van der Waals surface area (Å²) < 4.78 is 5.44. The maximum absolute atomic E-state index is 12.8. The molecule has 156 valence electrons. The lowest BCUT2D eigenvalue weighted by Gasteiger charge is -2.58. The number of imide groups is 1. The maximum Gasteiger partial charge on any atom is 0.312 e. The number of carbonyl (C=O) groups is 3. The predicted molar refractivity (Wildman–Crippen MR) is 115 cm³/mol. The molecule has 4 saturated carbocycles. The minimum absolute atomic E-state index is 0.0603. The van der Waals surface area contributed by atoms with E-state index in [4.69, 9.17) is 4.74 Å². The lowest BCUT2D eigenvalue weighted by Crippen LogP contribution is -2.56.